The summed E-state index contributed by atoms with van der Waals surface area (Å²) >= 11 is 0. The number of amides is 2. The van der Waals surface area contributed by atoms with Crippen molar-refractivity contribution >= 4 is 27.5 Å². The summed E-state index contributed by atoms with van der Waals surface area (Å²) in [6.07, 6.45) is -0.0662. The summed E-state index contributed by atoms with van der Waals surface area (Å²) in [6, 6.07) is 15.0. The molecule has 0 unspecified atom stereocenters. The molecular weight excluding hydrogens is 372 g/mol. The van der Waals surface area contributed by atoms with Crippen LogP contribution in [0.3, 0.4) is 0 Å². The number of carbonyl (C=O) groups is 2. The lowest BCUT2D eigenvalue weighted by Crippen LogP contribution is -2.30. The minimum Gasteiger partial charge on any atom is -0.491 e. The van der Waals surface area contributed by atoms with E-state index < -0.39 is 21.8 Å². The zero-order valence-electron chi connectivity index (χ0n) is 14.3. The second-order valence-corrected chi connectivity index (χ2v) is 7.65. The maximum absolute atomic E-state index is 12.2. The minimum absolute atomic E-state index is 0.0662. The van der Waals surface area contributed by atoms with Gasteiger partial charge in [-0.2, -0.15) is 0 Å². The summed E-state index contributed by atoms with van der Waals surface area (Å²) in [6.45, 7) is 0.365. The minimum atomic E-state index is -3.68. The van der Waals surface area contributed by atoms with E-state index in [1.54, 1.807) is 12.1 Å². The molecule has 142 valence electrons. The number of anilines is 1. The smallest absolute Gasteiger partial charge is 0.274 e. The third kappa shape index (κ3) is 4.63. The molecule has 1 fully saturated rings. The molecule has 0 radical (unpaired) electrons. The molecule has 9 heteroatoms. The molecule has 27 heavy (non-hydrogen) atoms. The number of carbonyl (C=O) groups excluding carboxylic acids is 2. The van der Waals surface area contributed by atoms with E-state index in [-0.39, 0.29) is 36.6 Å². The molecule has 1 saturated heterocycles. The first-order valence-electron chi connectivity index (χ1n) is 8.23. The highest BCUT2D eigenvalue weighted by atomic mass is 32.2. The first-order valence-corrected chi connectivity index (χ1v) is 9.84. The van der Waals surface area contributed by atoms with E-state index in [1.807, 2.05) is 18.2 Å². The zero-order valence-corrected chi connectivity index (χ0v) is 15.1. The molecule has 2 aromatic carbocycles. The van der Waals surface area contributed by atoms with Gasteiger partial charge in [0.25, 0.3) is 5.91 Å². The van der Waals surface area contributed by atoms with Gasteiger partial charge in [0, 0.05) is 12.0 Å². The van der Waals surface area contributed by atoms with Crippen LogP contribution in [0.1, 0.15) is 16.8 Å². The Balaban J connectivity index is 1.54. The average Bonchev–Trinajstić information content (AvgIpc) is 2.95. The molecular formula is C18H18N2O6S. The molecule has 8 nitrogen and oxygen atoms in total. The fourth-order valence-electron chi connectivity index (χ4n) is 2.54. The van der Waals surface area contributed by atoms with Crippen molar-refractivity contribution in [3.05, 3.63) is 60.2 Å². The van der Waals surface area contributed by atoms with E-state index in [0.717, 1.165) is 4.31 Å². The lowest BCUT2D eigenvalue weighted by molar-refractivity contribution is -0.116. The lowest BCUT2D eigenvalue weighted by Gasteiger charge is -2.15. The van der Waals surface area contributed by atoms with Crippen molar-refractivity contribution in [2.75, 3.05) is 23.3 Å². The maximum atomic E-state index is 12.2. The van der Waals surface area contributed by atoms with Gasteiger partial charge in [0.05, 0.1) is 11.4 Å². The molecule has 1 aliphatic heterocycles. The van der Waals surface area contributed by atoms with Crippen molar-refractivity contribution in [3.8, 4) is 5.75 Å². The third-order valence-corrected chi connectivity index (χ3v) is 5.47. The topological polar surface area (TPSA) is 102 Å². The van der Waals surface area contributed by atoms with Gasteiger partial charge in [-0.15, -0.1) is 0 Å². The molecule has 0 aliphatic carbocycles. The third-order valence-electron chi connectivity index (χ3n) is 3.78. The van der Waals surface area contributed by atoms with Gasteiger partial charge in [-0.25, -0.2) is 18.2 Å². The Bertz CT molecular complexity index is 930. The Kier molecular flexibility index (Phi) is 5.72. The number of para-hydroxylation sites is 1. The number of hydroxylamine groups is 1. The van der Waals surface area contributed by atoms with Gasteiger partial charge in [-0.05, 0) is 30.3 Å². The van der Waals surface area contributed by atoms with Crippen molar-refractivity contribution in [2.24, 2.45) is 0 Å². The molecule has 1 heterocycles. The highest BCUT2D eigenvalue weighted by molar-refractivity contribution is 7.94. The molecule has 1 aliphatic rings. The molecule has 0 bridgehead atoms. The van der Waals surface area contributed by atoms with Gasteiger partial charge in [0.2, 0.25) is 15.9 Å². The van der Waals surface area contributed by atoms with E-state index in [1.165, 1.54) is 24.3 Å². The van der Waals surface area contributed by atoms with Gasteiger partial charge in [0.15, 0.2) is 0 Å². The highest BCUT2D eigenvalue weighted by Crippen LogP contribution is 2.25. The van der Waals surface area contributed by atoms with Crippen molar-refractivity contribution in [2.45, 2.75) is 6.42 Å². The average molecular weight is 390 g/mol. The number of rotatable bonds is 7. The molecule has 0 spiro atoms. The quantitative estimate of drug-likeness (QED) is 0.568. The fourth-order valence-corrected chi connectivity index (χ4v) is 3.99. The SMILES string of the molecule is O=C(NOCCOc1ccccc1)c1cccc(N2C(=O)CCS2(=O)=O)c1. The Hall–Kier alpha value is -2.91. The Morgan fingerprint density at radius 3 is 2.56 bits per heavy atom. The maximum Gasteiger partial charge on any atom is 0.274 e. The molecule has 2 amide bonds. The number of hydrogen-bond acceptors (Lipinski definition) is 6. The van der Waals surface area contributed by atoms with Gasteiger partial charge in [-0.3, -0.25) is 14.4 Å². The van der Waals surface area contributed by atoms with Crippen LogP contribution in [0, 0.1) is 0 Å². The molecule has 0 aromatic heterocycles. The lowest BCUT2D eigenvalue weighted by atomic mass is 10.2. The number of nitrogens with one attached hydrogen (secondary N) is 1. The molecule has 0 atom stereocenters. The van der Waals surface area contributed by atoms with Gasteiger partial charge >= 0.3 is 0 Å². The molecule has 1 N–H and O–H groups in total. The first kappa shape index (κ1) is 18.9. The molecule has 3 rings (SSSR count). The van der Waals surface area contributed by atoms with Crippen LogP contribution in [-0.2, 0) is 19.7 Å². The largest absolute Gasteiger partial charge is 0.491 e. The summed E-state index contributed by atoms with van der Waals surface area (Å²) in [5.74, 6) is -0.605. The second kappa shape index (κ2) is 8.19. The van der Waals surface area contributed by atoms with E-state index in [9.17, 15) is 18.0 Å². The van der Waals surface area contributed by atoms with Crippen LogP contribution < -0.4 is 14.5 Å². The van der Waals surface area contributed by atoms with Crippen molar-refractivity contribution in [1.82, 2.24) is 5.48 Å². The molecule has 0 saturated carbocycles. The van der Waals surface area contributed by atoms with Crippen LogP contribution in [0.4, 0.5) is 5.69 Å². The number of sulfonamides is 1. The Morgan fingerprint density at radius 2 is 1.85 bits per heavy atom. The van der Waals surface area contributed by atoms with E-state index in [4.69, 9.17) is 9.57 Å². The summed E-state index contributed by atoms with van der Waals surface area (Å²) in [7, 11) is -3.68. The second-order valence-electron chi connectivity index (χ2n) is 5.72. The molecule has 2 aromatic rings. The number of nitrogens with zero attached hydrogens (tertiary/aromatic N) is 1. The first-order chi connectivity index (χ1) is 13.0. The fraction of sp³-hybridized carbons (Fsp3) is 0.222. The van der Waals surface area contributed by atoms with Crippen LogP contribution in [-0.4, -0.2) is 39.2 Å². The summed E-state index contributed by atoms with van der Waals surface area (Å²) in [5, 5.41) is 0. The monoisotopic (exact) mass is 390 g/mol. The van der Waals surface area contributed by atoms with Crippen molar-refractivity contribution in [1.29, 1.82) is 0 Å². The Morgan fingerprint density at radius 1 is 1.07 bits per heavy atom. The van der Waals surface area contributed by atoms with Gasteiger partial charge in [-0.1, -0.05) is 24.3 Å². The number of benzene rings is 2. The van der Waals surface area contributed by atoms with Crippen molar-refractivity contribution < 1.29 is 27.6 Å². The van der Waals surface area contributed by atoms with Crippen LogP contribution in [0.5, 0.6) is 5.75 Å². The van der Waals surface area contributed by atoms with E-state index >= 15 is 0 Å². The summed E-state index contributed by atoms with van der Waals surface area (Å²) < 4.78 is 30.1. The normalized spacial score (nSPS) is 15.6. The predicted octanol–water partition coefficient (Wildman–Crippen LogP) is 1.49. The van der Waals surface area contributed by atoms with Gasteiger partial charge in [0.1, 0.15) is 19.0 Å². The van der Waals surface area contributed by atoms with Crippen LogP contribution in [0.15, 0.2) is 54.6 Å². The van der Waals surface area contributed by atoms with Crippen molar-refractivity contribution in [3.63, 3.8) is 0 Å². The van der Waals surface area contributed by atoms with Crippen LogP contribution in [0.2, 0.25) is 0 Å². The van der Waals surface area contributed by atoms with E-state index in [0.29, 0.717) is 5.75 Å². The Labute approximate surface area is 156 Å². The number of ether oxygens (including phenoxy) is 1. The van der Waals surface area contributed by atoms with Crippen LogP contribution in [0.25, 0.3) is 0 Å². The standard InChI is InChI=1S/C18H18N2O6S/c21-17-9-12-27(23,24)20(17)15-6-4-5-14(13-15)18(22)19-26-11-10-25-16-7-2-1-3-8-16/h1-8,13H,9-12H2,(H,19,22). The van der Waals surface area contributed by atoms with Crippen LogP contribution >= 0.6 is 0 Å². The number of hydrogen-bond donors (Lipinski definition) is 1. The summed E-state index contributed by atoms with van der Waals surface area (Å²) in [5.41, 5.74) is 2.57. The zero-order chi connectivity index (χ0) is 19.3. The highest BCUT2D eigenvalue weighted by Gasteiger charge is 2.36. The predicted molar refractivity (Wildman–Crippen MR) is 97.7 cm³/mol. The van der Waals surface area contributed by atoms with E-state index in [2.05, 4.69) is 5.48 Å². The summed E-state index contributed by atoms with van der Waals surface area (Å²) in [4.78, 5) is 29.1. The van der Waals surface area contributed by atoms with Gasteiger partial charge < -0.3 is 4.74 Å².